The van der Waals surface area contributed by atoms with Gasteiger partial charge in [0.1, 0.15) is 5.52 Å². The normalized spacial score (nSPS) is 23.0. The topological polar surface area (TPSA) is 73.1 Å². The van der Waals surface area contributed by atoms with Crippen LogP contribution in [0.3, 0.4) is 0 Å². The molecule has 202 valence electrons. The molecule has 38 heavy (non-hydrogen) atoms. The first-order chi connectivity index (χ1) is 18.3. The molecule has 0 N–H and O–H groups in total. The zero-order valence-electron chi connectivity index (χ0n) is 22.5. The quantitative estimate of drug-likeness (QED) is 0.304. The first-order valence-electron chi connectivity index (χ1n) is 13.5. The molecule has 9 heteroatoms. The van der Waals surface area contributed by atoms with E-state index in [1.54, 1.807) is 6.07 Å². The van der Waals surface area contributed by atoms with Crippen LogP contribution in [0.25, 0.3) is 16.7 Å². The van der Waals surface area contributed by atoms with Crippen LogP contribution < -0.4 is 0 Å². The molecule has 2 aliphatic rings. The Balaban J connectivity index is 1.38. The lowest BCUT2D eigenvalue weighted by Crippen LogP contribution is -2.44. The van der Waals surface area contributed by atoms with E-state index < -0.39 is 0 Å². The third-order valence-corrected chi connectivity index (χ3v) is 8.80. The van der Waals surface area contributed by atoms with E-state index in [-0.39, 0.29) is 12.0 Å². The van der Waals surface area contributed by atoms with E-state index >= 15 is 0 Å². The molecule has 3 aromatic rings. The number of fused-ring (bicyclic) bond motifs is 1. The number of allylic oxidation sites excluding steroid dienone is 1. The monoisotopic (exact) mass is 555 g/mol. The fraction of sp³-hybridized carbons (Fsp3) is 0.517. The highest BCUT2D eigenvalue weighted by Gasteiger charge is 2.35. The Labute approximate surface area is 234 Å². The van der Waals surface area contributed by atoms with Gasteiger partial charge in [0.2, 0.25) is 0 Å². The lowest BCUT2D eigenvalue weighted by atomic mass is 9.83. The molecule has 0 amide bonds. The van der Waals surface area contributed by atoms with Crippen LogP contribution in [0.1, 0.15) is 75.4 Å². The third-order valence-electron chi connectivity index (χ3n) is 8.24. The van der Waals surface area contributed by atoms with Gasteiger partial charge < -0.3 is 4.74 Å². The van der Waals surface area contributed by atoms with E-state index in [1.807, 2.05) is 29.9 Å². The Morgan fingerprint density at radius 1 is 1.29 bits per heavy atom. The number of aryl methyl sites for hydroxylation is 1. The van der Waals surface area contributed by atoms with Gasteiger partial charge in [-0.2, -0.15) is 5.10 Å². The van der Waals surface area contributed by atoms with E-state index in [9.17, 15) is 4.79 Å². The number of hydrogen-bond acceptors (Lipinski definition) is 6. The predicted molar refractivity (Wildman–Crippen MR) is 151 cm³/mol. The number of nitrogens with zero attached hydrogens (tertiary/aromatic N) is 5. The molecule has 4 atom stereocenters. The standard InChI is InChI=1S/C29H35Cl2N5O2/c1-17-14-20(7-11-26(17)35-13-5-6-22(35)9-12-27(37)38-4)25-16-32-28-18(2)34-36(29(28)33-25)19(3)23-10-8-21(30)15-24(23)31/h7-8,10,15-17,19,22,26H,5-6,9,11-14H2,1-4H3/t17-,19?,22?,26?/m1/s1. The molecule has 1 saturated heterocycles. The summed E-state index contributed by atoms with van der Waals surface area (Å²) in [7, 11) is 1.46. The minimum Gasteiger partial charge on any atom is -0.469 e. The van der Waals surface area contributed by atoms with Gasteiger partial charge in [-0.25, -0.2) is 14.6 Å². The number of benzene rings is 1. The summed E-state index contributed by atoms with van der Waals surface area (Å²) in [6.07, 6.45) is 9.83. The van der Waals surface area contributed by atoms with Crippen LogP contribution in [-0.2, 0) is 9.53 Å². The Hall–Kier alpha value is -2.48. The molecule has 0 bridgehead atoms. The summed E-state index contributed by atoms with van der Waals surface area (Å²) in [5.41, 5.74) is 5.48. The summed E-state index contributed by atoms with van der Waals surface area (Å²) < 4.78 is 6.79. The highest BCUT2D eigenvalue weighted by atomic mass is 35.5. The summed E-state index contributed by atoms with van der Waals surface area (Å²) in [5.74, 6) is 0.358. The molecule has 5 rings (SSSR count). The van der Waals surface area contributed by atoms with Crippen LogP contribution in [-0.4, -0.2) is 56.4 Å². The van der Waals surface area contributed by atoms with Crippen molar-refractivity contribution in [1.82, 2.24) is 24.6 Å². The maximum absolute atomic E-state index is 11.7. The minimum absolute atomic E-state index is 0.119. The van der Waals surface area contributed by atoms with Gasteiger partial charge in [-0.15, -0.1) is 0 Å². The molecule has 0 radical (unpaired) electrons. The zero-order chi connectivity index (χ0) is 27.0. The van der Waals surface area contributed by atoms with Crippen molar-refractivity contribution in [2.75, 3.05) is 13.7 Å². The predicted octanol–water partition coefficient (Wildman–Crippen LogP) is 6.65. The molecule has 7 nitrogen and oxygen atoms in total. The van der Waals surface area contributed by atoms with Gasteiger partial charge in [0.05, 0.1) is 30.7 Å². The van der Waals surface area contributed by atoms with Crippen molar-refractivity contribution in [3.8, 4) is 0 Å². The van der Waals surface area contributed by atoms with Gasteiger partial charge in [0.25, 0.3) is 0 Å². The summed E-state index contributed by atoms with van der Waals surface area (Å²) in [4.78, 5) is 24.2. The number of hydrogen-bond donors (Lipinski definition) is 0. The molecule has 1 aromatic carbocycles. The van der Waals surface area contributed by atoms with Crippen LogP contribution in [0.5, 0.6) is 0 Å². The van der Waals surface area contributed by atoms with Crippen molar-refractivity contribution in [1.29, 1.82) is 0 Å². The van der Waals surface area contributed by atoms with Gasteiger partial charge >= 0.3 is 5.97 Å². The molecular formula is C29H35Cl2N5O2. The van der Waals surface area contributed by atoms with E-state index in [0.29, 0.717) is 34.5 Å². The molecule has 0 spiro atoms. The van der Waals surface area contributed by atoms with Gasteiger partial charge in [0, 0.05) is 28.5 Å². The highest BCUT2D eigenvalue weighted by Crippen LogP contribution is 2.37. The van der Waals surface area contributed by atoms with Gasteiger partial charge in [0.15, 0.2) is 5.65 Å². The number of likely N-dealkylation sites (tertiary alicyclic amines) is 1. The van der Waals surface area contributed by atoms with Crippen molar-refractivity contribution in [2.24, 2.45) is 5.92 Å². The van der Waals surface area contributed by atoms with Crippen molar-refractivity contribution in [3.63, 3.8) is 0 Å². The molecule has 1 aliphatic heterocycles. The number of methoxy groups -OCH3 is 1. The van der Waals surface area contributed by atoms with Gasteiger partial charge in [-0.3, -0.25) is 9.69 Å². The molecule has 2 aromatic heterocycles. The van der Waals surface area contributed by atoms with Crippen LogP contribution in [0.4, 0.5) is 0 Å². The number of carbonyl (C=O) groups excluding carboxylic acids is 1. The number of ether oxygens (including phenoxy) is 1. The largest absolute Gasteiger partial charge is 0.469 e. The first kappa shape index (κ1) is 27.1. The SMILES string of the molecule is COC(=O)CCC1CCCN1C1CC=C(c2cnc3c(C)nn(C(C)c4ccc(Cl)cc4Cl)c3n2)C[C@H]1C. The maximum atomic E-state index is 11.7. The second-order valence-electron chi connectivity index (χ2n) is 10.7. The molecular weight excluding hydrogens is 521 g/mol. The summed E-state index contributed by atoms with van der Waals surface area (Å²) in [6.45, 7) is 7.45. The molecule has 0 saturated carbocycles. The van der Waals surface area contributed by atoms with Crippen LogP contribution in [0.15, 0.2) is 30.5 Å². The minimum atomic E-state index is -0.124. The summed E-state index contributed by atoms with van der Waals surface area (Å²) >= 11 is 12.6. The average Bonchev–Trinajstić information content (AvgIpc) is 3.50. The van der Waals surface area contributed by atoms with Crippen LogP contribution in [0, 0.1) is 12.8 Å². The maximum Gasteiger partial charge on any atom is 0.305 e. The van der Waals surface area contributed by atoms with Crippen LogP contribution >= 0.6 is 23.2 Å². The average molecular weight is 557 g/mol. The van der Waals surface area contributed by atoms with Crippen molar-refractivity contribution in [3.05, 3.63) is 57.5 Å². The second-order valence-corrected chi connectivity index (χ2v) is 11.5. The highest BCUT2D eigenvalue weighted by molar-refractivity contribution is 6.35. The Morgan fingerprint density at radius 3 is 2.84 bits per heavy atom. The number of esters is 1. The van der Waals surface area contributed by atoms with E-state index in [0.717, 1.165) is 60.3 Å². The lowest BCUT2D eigenvalue weighted by Gasteiger charge is -2.39. The Kier molecular flexibility index (Phi) is 8.08. The van der Waals surface area contributed by atoms with E-state index in [4.69, 9.17) is 43.0 Å². The lowest BCUT2D eigenvalue weighted by molar-refractivity contribution is -0.141. The fourth-order valence-corrected chi connectivity index (χ4v) is 6.74. The summed E-state index contributed by atoms with van der Waals surface area (Å²) in [5, 5.41) is 6.00. The van der Waals surface area contributed by atoms with Gasteiger partial charge in [-0.05, 0) is 81.7 Å². The van der Waals surface area contributed by atoms with Crippen molar-refractivity contribution < 1.29 is 9.53 Å². The number of aromatic nitrogens is 4. The first-order valence-corrected chi connectivity index (χ1v) is 14.2. The van der Waals surface area contributed by atoms with E-state index in [1.165, 1.54) is 19.1 Å². The zero-order valence-corrected chi connectivity index (χ0v) is 24.0. The molecule has 3 unspecified atom stereocenters. The molecule has 1 fully saturated rings. The number of rotatable bonds is 7. The fourth-order valence-electron chi connectivity index (χ4n) is 6.17. The Bertz CT molecular complexity index is 1370. The second kappa shape index (κ2) is 11.3. The Morgan fingerprint density at radius 2 is 2.11 bits per heavy atom. The van der Waals surface area contributed by atoms with E-state index in [2.05, 4.69) is 24.8 Å². The smallest absolute Gasteiger partial charge is 0.305 e. The van der Waals surface area contributed by atoms with Crippen molar-refractivity contribution >= 4 is 45.9 Å². The number of halogens is 2. The molecule has 1 aliphatic carbocycles. The summed E-state index contributed by atoms with van der Waals surface area (Å²) in [6, 6.07) is 6.35. The van der Waals surface area contributed by atoms with Crippen molar-refractivity contribution in [2.45, 2.75) is 77.4 Å². The number of carbonyl (C=O) groups is 1. The third kappa shape index (κ3) is 5.33. The molecule has 3 heterocycles. The van der Waals surface area contributed by atoms with Crippen LogP contribution in [0.2, 0.25) is 10.0 Å². The van der Waals surface area contributed by atoms with Gasteiger partial charge in [-0.1, -0.05) is 42.3 Å².